The van der Waals surface area contributed by atoms with E-state index in [1.807, 2.05) is 30.2 Å². The number of anilines is 2. The summed E-state index contributed by atoms with van der Waals surface area (Å²) in [6.07, 6.45) is 9.48. The van der Waals surface area contributed by atoms with Crippen LogP contribution in [0.3, 0.4) is 0 Å². The van der Waals surface area contributed by atoms with Crippen molar-refractivity contribution in [2.45, 2.75) is 107 Å². The molecule has 2 saturated carbocycles. The summed E-state index contributed by atoms with van der Waals surface area (Å²) in [6.45, 7) is 7.23. The van der Waals surface area contributed by atoms with Gasteiger partial charge in [-0.2, -0.15) is 10.2 Å². The molecule has 6 aromatic rings. The van der Waals surface area contributed by atoms with Crippen molar-refractivity contribution in [3.8, 4) is 5.69 Å². The Morgan fingerprint density at radius 1 is 0.985 bits per heavy atom. The van der Waals surface area contributed by atoms with E-state index >= 15 is 13.6 Å². The van der Waals surface area contributed by atoms with Crippen LogP contribution in [0.1, 0.15) is 116 Å². The lowest BCUT2D eigenvalue weighted by atomic mass is 9.84. The fourth-order valence-corrected chi connectivity index (χ4v) is 10.9. The number of oxime groups is 1. The molecule has 8 heterocycles. The lowest BCUT2D eigenvalue weighted by Gasteiger charge is -2.36. The Labute approximate surface area is 373 Å². The molecule has 2 aliphatic carbocycles. The molecule has 4 aliphatic heterocycles. The van der Waals surface area contributed by atoms with Gasteiger partial charge in [0.2, 0.25) is 6.35 Å². The smallest absolute Gasteiger partial charge is 0.304 e. The maximum Gasteiger partial charge on any atom is 0.304 e. The first-order valence-corrected chi connectivity index (χ1v) is 22.5. The van der Waals surface area contributed by atoms with Gasteiger partial charge in [-0.25, -0.2) is 13.5 Å². The molecule has 2 unspecified atom stereocenters. The number of halogens is 2. The predicted molar refractivity (Wildman–Crippen MR) is 237 cm³/mol. The average molecular weight is 885 g/mol. The summed E-state index contributed by atoms with van der Waals surface area (Å²) >= 11 is 0. The molecule has 4 atom stereocenters. The van der Waals surface area contributed by atoms with Crippen LogP contribution in [0.4, 0.5) is 20.3 Å². The van der Waals surface area contributed by atoms with Crippen LogP contribution in [0.15, 0.2) is 78.5 Å². The van der Waals surface area contributed by atoms with Crippen molar-refractivity contribution < 1.29 is 33.4 Å². The number of nitrogens with zero attached hydrogens (tertiary/aromatic N) is 9. The number of pyridine rings is 1. The minimum Gasteiger partial charge on any atom is -0.376 e. The van der Waals surface area contributed by atoms with Gasteiger partial charge in [-0.15, -0.1) is 0 Å². The lowest BCUT2D eigenvalue weighted by molar-refractivity contribution is -0.0896. The Balaban J connectivity index is 0.957. The maximum atomic E-state index is 16.2. The fourth-order valence-electron chi connectivity index (χ4n) is 10.9. The molecular formula is C48H50F2N10O5. The van der Waals surface area contributed by atoms with Gasteiger partial charge in [0, 0.05) is 62.0 Å². The molecule has 1 saturated heterocycles. The van der Waals surface area contributed by atoms with Gasteiger partial charge in [-0.05, 0) is 131 Å². The summed E-state index contributed by atoms with van der Waals surface area (Å²) in [5, 5.41) is 39.5. The number of amides is 1. The van der Waals surface area contributed by atoms with Crippen molar-refractivity contribution in [1.82, 2.24) is 34.2 Å². The van der Waals surface area contributed by atoms with E-state index in [1.54, 1.807) is 51.9 Å². The first-order chi connectivity index (χ1) is 31.3. The van der Waals surface area contributed by atoms with Crippen molar-refractivity contribution in [2.75, 3.05) is 23.0 Å². The number of aliphatic hydroxyl groups excluding tert-OH is 2. The maximum absolute atomic E-state index is 16.2. The molecule has 12 rings (SSSR count). The molecule has 15 nitrogen and oxygen atoms in total. The summed E-state index contributed by atoms with van der Waals surface area (Å²) in [4.78, 5) is 25.7. The minimum atomic E-state index is -1.41. The van der Waals surface area contributed by atoms with Crippen LogP contribution in [0.5, 0.6) is 0 Å². The monoisotopic (exact) mass is 884 g/mol. The van der Waals surface area contributed by atoms with Crippen LogP contribution in [0, 0.1) is 11.6 Å². The fraction of sp³-hybridized carbons (Fsp3) is 0.417. The number of hydrogen-bond acceptors (Lipinski definition) is 11. The lowest BCUT2D eigenvalue weighted by Crippen LogP contribution is -2.43. The number of ether oxygens (including phenoxy) is 1. The van der Waals surface area contributed by atoms with E-state index in [0.29, 0.717) is 77.3 Å². The first kappa shape index (κ1) is 40.2. The number of carbonyl (C=O) groups excluding carboxylic acids is 1. The highest BCUT2D eigenvalue weighted by Gasteiger charge is 2.56. The van der Waals surface area contributed by atoms with E-state index < -0.39 is 30.0 Å². The largest absolute Gasteiger partial charge is 0.376 e. The van der Waals surface area contributed by atoms with E-state index in [0.717, 1.165) is 42.6 Å². The molecule has 1 amide bonds. The van der Waals surface area contributed by atoms with Crippen molar-refractivity contribution in [2.24, 2.45) is 12.2 Å². The molecule has 3 N–H and O–H groups in total. The second-order valence-electron chi connectivity index (χ2n) is 19.1. The van der Waals surface area contributed by atoms with Gasteiger partial charge in [-0.3, -0.25) is 14.4 Å². The normalized spacial score (nSPS) is 24.4. The van der Waals surface area contributed by atoms with E-state index in [9.17, 15) is 10.2 Å². The molecule has 4 aromatic heterocycles. The third-order valence-electron chi connectivity index (χ3n) is 14.6. The van der Waals surface area contributed by atoms with Crippen molar-refractivity contribution in [3.63, 3.8) is 0 Å². The van der Waals surface area contributed by atoms with Gasteiger partial charge in [0.25, 0.3) is 5.91 Å². The van der Waals surface area contributed by atoms with Crippen LogP contribution in [0.25, 0.3) is 22.1 Å². The van der Waals surface area contributed by atoms with E-state index in [4.69, 9.17) is 14.7 Å². The van der Waals surface area contributed by atoms with Gasteiger partial charge >= 0.3 is 6.41 Å². The SMILES string of the molecule is C[C@H]1c2c(nn(-c3ccc(F)c(C4CC4)c3)c2N2C=CN(c3ccc4c(cnn4C)c3F)C2O)CCN1C(=O)c1cc2cc([C@@H]3CCOC(C)(C)C3)ccn2c1C1(C2=NOC(O)N2)CC1. The Morgan fingerprint density at radius 3 is 2.55 bits per heavy atom. The van der Waals surface area contributed by atoms with Gasteiger partial charge in [-0.1, -0.05) is 5.16 Å². The number of hydrogen-bond donors (Lipinski definition) is 3. The Morgan fingerprint density at radius 2 is 1.80 bits per heavy atom. The van der Waals surface area contributed by atoms with Crippen LogP contribution >= 0.6 is 0 Å². The molecule has 2 aromatic carbocycles. The highest BCUT2D eigenvalue weighted by atomic mass is 19.1. The van der Waals surface area contributed by atoms with Crippen LogP contribution in [0.2, 0.25) is 0 Å². The predicted octanol–water partition coefficient (Wildman–Crippen LogP) is 6.91. The zero-order chi connectivity index (χ0) is 44.7. The summed E-state index contributed by atoms with van der Waals surface area (Å²) in [5.41, 5.74) is 5.85. The van der Waals surface area contributed by atoms with Crippen LogP contribution in [-0.4, -0.2) is 82.3 Å². The van der Waals surface area contributed by atoms with Gasteiger partial charge in [0.1, 0.15) is 11.6 Å². The number of nitrogens with one attached hydrogen (secondary N) is 1. The molecule has 0 bridgehead atoms. The van der Waals surface area contributed by atoms with Crippen LogP contribution < -0.4 is 15.1 Å². The molecule has 3 fully saturated rings. The molecule has 65 heavy (non-hydrogen) atoms. The summed E-state index contributed by atoms with van der Waals surface area (Å²) in [5.74, 6) is 0.379. The van der Waals surface area contributed by atoms with E-state index in [-0.39, 0.29) is 34.8 Å². The number of amidine groups is 1. The second-order valence-corrected chi connectivity index (χ2v) is 19.1. The zero-order valence-electron chi connectivity index (χ0n) is 36.6. The molecule has 0 spiro atoms. The van der Waals surface area contributed by atoms with Gasteiger partial charge in [0.05, 0.1) is 56.8 Å². The number of aryl methyl sites for hydroxylation is 1. The number of carbonyl (C=O) groups is 1. The second kappa shape index (κ2) is 14.3. The summed E-state index contributed by atoms with van der Waals surface area (Å²) < 4.78 is 42.9. The third-order valence-corrected chi connectivity index (χ3v) is 14.6. The summed E-state index contributed by atoms with van der Waals surface area (Å²) in [6, 6.07) is 14.1. The third kappa shape index (κ3) is 6.29. The zero-order valence-corrected chi connectivity index (χ0v) is 36.6. The van der Waals surface area contributed by atoms with Gasteiger partial charge in [0.15, 0.2) is 11.7 Å². The summed E-state index contributed by atoms with van der Waals surface area (Å²) in [7, 11) is 1.74. The molecular weight excluding hydrogens is 835 g/mol. The standard InChI is InChI=1S/C48H50F2N10O5/c1-26-39-36(53-60(30-7-8-35(49)32(22-30)27-5-6-27)42(39)59-19-18-58(46(59)63)38-10-9-37-34(40(38)50)25-51-55(37)4)12-17-56(26)43(61)33-23-31-21-28(29-13-20-64-47(2,3)24-29)11-16-57(31)41(33)48(14-15-48)44-52-45(62)65-54-44/h7-11,16,18-19,21-23,25-27,29,45-46,62-63H,5-6,12-15,17,20,24H2,1-4H3,(H,52,54)/t26-,29+,45?,46?/m0/s1. The number of aliphatic hydroxyl groups is 2. The highest BCUT2D eigenvalue weighted by Crippen LogP contribution is 2.53. The average Bonchev–Trinajstić information content (AvgIpc) is 4.03. The van der Waals surface area contributed by atoms with E-state index in [1.165, 1.54) is 22.7 Å². The topological polar surface area (TPSA) is 150 Å². The molecule has 336 valence electrons. The number of benzene rings is 2. The van der Waals surface area contributed by atoms with E-state index in [2.05, 4.69) is 46.0 Å². The Hall–Kier alpha value is -6.30. The molecule has 6 aliphatic rings. The first-order valence-electron chi connectivity index (χ1n) is 22.5. The number of aromatic nitrogens is 5. The van der Waals surface area contributed by atoms with Crippen LogP contribution in [-0.2, 0) is 28.5 Å². The van der Waals surface area contributed by atoms with Crippen molar-refractivity contribution >= 4 is 39.7 Å². The number of fused-ring (bicyclic) bond motifs is 3. The minimum absolute atomic E-state index is 0.121. The quantitative estimate of drug-likeness (QED) is 0.147. The Kier molecular flexibility index (Phi) is 8.88. The van der Waals surface area contributed by atoms with Crippen molar-refractivity contribution in [3.05, 3.63) is 119 Å². The molecule has 0 radical (unpaired) electrons. The Bertz CT molecular complexity index is 3020. The highest BCUT2D eigenvalue weighted by molar-refractivity contribution is 6.03. The van der Waals surface area contributed by atoms with Gasteiger partial charge < -0.3 is 39.3 Å². The molecule has 17 heteroatoms. The number of rotatable bonds is 8. The van der Waals surface area contributed by atoms with Crippen molar-refractivity contribution in [1.29, 1.82) is 0 Å².